The predicted molar refractivity (Wildman–Crippen MR) is 138 cm³/mol. The van der Waals surface area contributed by atoms with Gasteiger partial charge in [-0.05, 0) is 60.9 Å². The smallest absolute Gasteiger partial charge is 0.254 e. The highest BCUT2D eigenvalue weighted by Crippen LogP contribution is 2.34. The molecule has 0 aliphatic carbocycles. The van der Waals surface area contributed by atoms with Crippen molar-refractivity contribution in [3.05, 3.63) is 99.6 Å². The average Bonchev–Trinajstić information content (AvgIpc) is 2.90. The fourth-order valence-corrected chi connectivity index (χ4v) is 4.80. The van der Waals surface area contributed by atoms with Gasteiger partial charge < -0.3 is 5.32 Å². The third-order valence-electron chi connectivity index (χ3n) is 6.71. The third kappa shape index (κ3) is 4.93. The van der Waals surface area contributed by atoms with Gasteiger partial charge in [-0.1, -0.05) is 24.9 Å². The minimum absolute atomic E-state index is 0.187. The number of aromatic nitrogens is 3. The van der Waals surface area contributed by atoms with E-state index in [0.29, 0.717) is 41.8 Å². The summed E-state index contributed by atoms with van der Waals surface area (Å²) in [4.78, 5) is 34.7. The summed E-state index contributed by atoms with van der Waals surface area (Å²) in [7, 11) is 0. The van der Waals surface area contributed by atoms with Gasteiger partial charge in [0.05, 0.1) is 34.3 Å². The number of fused-ring (bicyclic) bond motifs is 4. The van der Waals surface area contributed by atoms with Crippen LogP contribution in [0.15, 0.2) is 65.8 Å². The van der Waals surface area contributed by atoms with Gasteiger partial charge in [0.15, 0.2) is 5.82 Å². The highest BCUT2D eigenvalue weighted by molar-refractivity contribution is 6.31. The average molecular weight is 539 g/mol. The fraction of sp³-hybridized carbons (Fsp3) is 0.214. The van der Waals surface area contributed by atoms with E-state index in [0.717, 1.165) is 18.2 Å². The van der Waals surface area contributed by atoms with Crippen molar-refractivity contribution in [1.29, 1.82) is 0 Å². The maximum Gasteiger partial charge on any atom is 0.254 e. The van der Waals surface area contributed by atoms with E-state index >= 15 is 0 Å². The summed E-state index contributed by atoms with van der Waals surface area (Å²) >= 11 is 5.81. The van der Waals surface area contributed by atoms with Crippen molar-refractivity contribution in [2.45, 2.75) is 32.2 Å². The standard InChI is InChI=1S/C28H22ClF3N4O2/c1-15-3-2-4-24(36-14-34-23(13-25(36)37)26-20(31)7-6-19(29)27(26)32)22-11-16(9-10-33-22)18-12-17(30)5-8-21(18)35-28(15)38/h5-15,24H,2-4H2,1H3,(H,35,38)/t15-,24+/m1/s1. The van der Waals surface area contributed by atoms with Crippen molar-refractivity contribution in [3.63, 3.8) is 0 Å². The second-order valence-electron chi connectivity index (χ2n) is 9.23. The zero-order chi connectivity index (χ0) is 27.0. The number of benzene rings is 2. The van der Waals surface area contributed by atoms with Crippen molar-refractivity contribution in [2.75, 3.05) is 5.32 Å². The lowest BCUT2D eigenvalue weighted by Crippen LogP contribution is -2.27. The molecule has 2 aromatic heterocycles. The summed E-state index contributed by atoms with van der Waals surface area (Å²) in [6.45, 7) is 1.80. The summed E-state index contributed by atoms with van der Waals surface area (Å²) in [5, 5.41) is 2.60. The van der Waals surface area contributed by atoms with Gasteiger partial charge in [0.2, 0.25) is 5.91 Å². The lowest BCUT2D eigenvalue weighted by molar-refractivity contribution is -0.119. The van der Waals surface area contributed by atoms with Crippen LogP contribution in [-0.4, -0.2) is 20.4 Å². The Balaban J connectivity index is 1.62. The van der Waals surface area contributed by atoms with Gasteiger partial charge in [0.25, 0.3) is 5.56 Å². The molecular weight excluding hydrogens is 517 g/mol. The second kappa shape index (κ2) is 10.4. The molecule has 3 heterocycles. The van der Waals surface area contributed by atoms with Gasteiger partial charge in [0.1, 0.15) is 11.6 Å². The molecule has 0 fully saturated rings. The number of carbonyl (C=O) groups is 1. The molecule has 4 aromatic rings. The molecule has 0 saturated carbocycles. The van der Waals surface area contributed by atoms with Crippen molar-refractivity contribution in [3.8, 4) is 22.4 Å². The second-order valence-corrected chi connectivity index (χ2v) is 9.64. The lowest BCUT2D eigenvalue weighted by atomic mass is 9.95. The highest BCUT2D eigenvalue weighted by atomic mass is 35.5. The molecule has 1 aliphatic heterocycles. The summed E-state index contributed by atoms with van der Waals surface area (Å²) in [5.41, 5.74) is 0.841. The number of hydrogen-bond acceptors (Lipinski definition) is 4. The number of carbonyl (C=O) groups excluding carboxylic acids is 1. The van der Waals surface area contributed by atoms with Crippen LogP contribution in [0.2, 0.25) is 5.02 Å². The number of nitrogens with zero attached hydrogens (tertiary/aromatic N) is 3. The molecule has 0 spiro atoms. The molecule has 194 valence electrons. The molecule has 0 unspecified atom stereocenters. The number of hydrogen-bond donors (Lipinski definition) is 1. The normalized spacial score (nSPS) is 17.7. The number of halogens is 4. The minimum atomic E-state index is -1.00. The van der Waals surface area contributed by atoms with E-state index in [2.05, 4.69) is 15.3 Å². The fourth-order valence-electron chi connectivity index (χ4n) is 4.64. The quantitative estimate of drug-likeness (QED) is 0.300. The Bertz CT molecular complexity index is 1610. The van der Waals surface area contributed by atoms with Crippen molar-refractivity contribution in [1.82, 2.24) is 14.5 Å². The molecule has 10 heteroatoms. The van der Waals surface area contributed by atoms with Crippen LogP contribution in [0.25, 0.3) is 22.4 Å². The number of rotatable bonds is 2. The Kier molecular flexibility index (Phi) is 7.03. The van der Waals surface area contributed by atoms with E-state index in [1.807, 2.05) is 0 Å². The molecule has 1 N–H and O–H groups in total. The molecule has 38 heavy (non-hydrogen) atoms. The van der Waals surface area contributed by atoms with Gasteiger partial charge in [-0.2, -0.15) is 0 Å². The Morgan fingerprint density at radius 1 is 1.00 bits per heavy atom. The first-order valence-electron chi connectivity index (χ1n) is 12.0. The number of anilines is 1. The molecular formula is C28H22ClF3N4O2. The minimum Gasteiger partial charge on any atom is -0.325 e. The summed E-state index contributed by atoms with van der Waals surface area (Å²) in [5.74, 6) is -2.90. The van der Waals surface area contributed by atoms with Gasteiger partial charge in [-0.25, -0.2) is 18.2 Å². The topological polar surface area (TPSA) is 76.9 Å². The molecule has 2 aromatic carbocycles. The summed E-state index contributed by atoms with van der Waals surface area (Å²) in [6.07, 6.45) is 4.31. The molecule has 6 nitrogen and oxygen atoms in total. The van der Waals surface area contributed by atoms with E-state index in [9.17, 15) is 22.8 Å². The third-order valence-corrected chi connectivity index (χ3v) is 7.00. The largest absolute Gasteiger partial charge is 0.325 e. The van der Waals surface area contributed by atoms with Crippen LogP contribution in [-0.2, 0) is 4.79 Å². The molecule has 5 rings (SSSR count). The van der Waals surface area contributed by atoms with E-state index in [1.54, 1.807) is 25.3 Å². The van der Waals surface area contributed by atoms with Crippen molar-refractivity contribution >= 4 is 23.2 Å². The first kappa shape index (κ1) is 25.7. The first-order chi connectivity index (χ1) is 18.2. The van der Waals surface area contributed by atoms with Crippen LogP contribution in [0.1, 0.15) is 37.9 Å². The Morgan fingerprint density at radius 2 is 1.82 bits per heavy atom. The van der Waals surface area contributed by atoms with Crippen LogP contribution < -0.4 is 10.9 Å². The maximum atomic E-state index is 14.6. The molecule has 2 bridgehead atoms. The number of nitrogens with one attached hydrogen (secondary N) is 1. The maximum absolute atomic E-state index is 14.6. The van der Waals surface area contributed by atoms with Gasteiger partial charge in [-0.3, -0.25) is 19.1 Å². The van der Waals surface area contributed by atoms with Crippen molar-refractivity contribution < 1.29 is 18.0 Å². The Labute approximate surface area is 221 Å². The summed E-state index contributed by atoms with van der Waals surface area (Å²) < 4.78 is 44.5. The van der Waals surface area contributed by atoms with Crippen LogP contribution in [0.5, 0.6) is 0 Å². The van der Waals surface area contributed by atoms with Gasteiger partial charge in [-0.15, -0.1) is 0 Å². The molecule has 1 amide bonds. The van der Waals surface area contributed by atoms with Crippen LogP contribution in [0.3, 0.4) is 0 Å². The monoisotopic (exact) mass is 538 g/mol. The SMILES string of the molecule is C[C@@H]1CCC[C@H](n2cnc(-c3c(F)ccc(Cl)c3F)cc2=O)c2cc(ccn2)-c2cc(F)ccc2NC1=O. The molecule has 1 aliphatic rings. The predicted octanol–water partition coefficient (Wildman–Crippen LogP) is 6.39. The zero-order valence-electron chi connectivity index (χ0n) is 20.2. The van der Waals surface area contributed by atoms with E-state index < -0.39 is 34.6 Å². The molecule has 0 saturated heterocycles. The van der Waals surface area contributed by atoms with Gasteiger partial charge >= 0.3 is 0 Å². The highest BCUT2D eigenvalue weighted by Gasteiger charge is 2.24. The van der Waals surface area contributed by atoms with Crippen LogP contribution in [0.4, 0.5) is 18.9 Å². The Morgan fingerprint density at radius 3 is 2.61 bits per heavy atom. The lowest BCUT2D eigenvalue weighted by Gasteiger charge is -2.23. The Hall–Kier alpha value is -3.98. The van der Waals surface area contributed by atoms with Gasteiger partial charge in [0, 0.05) is 29.4 Å². The van der Waals surface area contributed by atoms with E-state index in [4.69, 9.17) is 11.6 Å². The first-order valence-corrected chi connectivity index (χ1v) is 12.4. The molecule has 0 radical (unpaired) electrons. The van der Waals surface area contributed by atoms with E-state index in [-0.39, 0.29) is 22.5 Å². The summed E-state index contributed by atoms with van der Waals surface area (Å²) in [6, 6.07) is 10.1. The number of pyridine rings is 1. The van der Waals surface area contributed by atoms with Crippen molar-refractivity contribution in [2.24, 2.45) is 5.92 Å². The molecule has 2 atom stereocenters. The van der Waals surface area contributed by atoms with Crippen LogP contribution in [0, 0.1) is 23.4 Å². The zero-order valence-corrected chi connectivity index (χ0v) is 21.0. The van der Waals surface area contributed by atoms with Crippen LogP contribution >= 0.6 is 11.6 Å². The van der Waals surface area contributed by atoms with E-state index in [1.165, 1.54) is 29.1 Å². The number of amides is 1.